The van der Waals surface area contributed by atoms with Gasteiger partial charge in [0.05, 0.1) is 0 Å². The molecule has 0 radical (unpaired) electrons. The van der Waals surface area contributed by atoms with Crippen LogP contribution in [0.1, 0.15) is 10.4 Å². The molecule has 0 aromatic heterocycles. The molecule has 0 heterocycles. The van der Waals surface area contributed by atoms with Gasteiger partial charge in [0.2, 0.25) is 0 Å². The number of rotatable bonds is 3. The second-order valence-electron chi connectivity index (χ2n) is 3.41. The Morgan fingerprint density at radius 1 is 1.13 bits per heavy atom. The molecule has 3 nitrogen and oxygen atoms in total. The number of carbonyl (C=O) groups excluding carboxylic acids is 1. The van der Waals surface area contributed by atoms with Gasteiger partial charge in [0.15, 0.2) is 0 Å². The van der Waals surface area contributed by atoms with Crippen molar-refractivity contribution in [1.29, 1.82) is 0 Å². The topological polar surface area (TPSA) is 23.6 Å². The fourth-order valence-electron chi connectivity index (χ4n) is 1.16. The van der Waals surface area contributed by atoms with Crippen LogP contribution in [0.4, 0.5) is 0 Å². The Morgan fingerprint density at radius 2 is 1.67 bits per heavy atom. The summed E-state index contributed by atoms with van der Waals surface area (Å²) in [6.45, 7) is 0. The third-order valence-corrected chi connectivity index (χ3v) is 3.34. The van der Waals surface area contributed by atoms with Gasteiger partial charge >= 0.3 is 97.8 Å². The van der Waals surface area contributed by atoms with Crippen LogP contribution in [0.25, 0.3) is 0 Å². The standard InChI is InChI=1S/C11H14N2OSe/c1-12(2)11(15)13(3)10(14)9-7-5-4-6-8-9/h4-8H,1-3H3. The van der Waals surface area contributed by atoms with E-state index in [4.69, 9.17) is 0 Å². The van der Waals surface area contributed by atoms with E-state index in [0.29, 0.717) is 5.56 Å². The molecule has 4 heteroatoms. The van der Waals surface area contributed by atoms with Crippen molar-refractivity contribution in [2.75, 3.05) is 21.1 Å². The minimum atomic E-state index is -0.0157. The van der Waals surface area contributed by atoms with Crippen molar-refractivity contribution in [2.24, 2.45) is 0 Å². The molecule has 1 rings (SSSR count). The van der Waals surface area contributed by atoms with Crippen molar-refractivity contribution in [3.8, 4) is 0 Å². The molecule has 1 aromatic carbocycles. The average Bonchev–Trinajstić information content (AvgIpc) is 2.27. The molecule has 0 bridgehead atoms. The zero-order chi connectivity index (χ0) is 11.4. The molecule has 1 aromatic rings. The molecular weight excluding hydrogens is 255 g/mol. The summed E-state index contributed by atoms with van der Waals surface area (Å²) in [7, 11) is 5.53. The van der Waals surface area contributed by atoms with E-state index in [1.54, 1.807) is 11.9 Å². The molecule has 0 fully saturated rings. The van der Waals surface area contributed by atoms with Crippen LogP contribution in [-0.2, 0) is 0 Å². The summed E-state index contributed by atoms with van der Waals surface area (Å²) in [5.41, 5.74) is 0.689. The Kier molecular flexibility index (Phi) is 4.06. The van der Waals surface area contributed by atoms with Crippen LogP contribution >= 0.6 is 0 Å². The normalized spacial score (nSPS) is 9.53. The van der Waals surface area contributed by atoms with E-state index in [0.717, 1.165) is 4.67 Å². The van der Waals surface area contributed by atoms with Crippen LogP contribution in [0, 0.1) is 0 Å². The molecule has 0 saturated carbocycles. The molecule has 15 heavy (non-hydrogen) atoms. The Bertz CT molecular complexity index is 362. The van der Waals surface area contributed by atoms with Crippen molar-refractivity contribution < 1.29 is 4.79 Å². The molecule has 0 unspecified atom stereocenters. The number of benzene rings is 1. The summed E-state index contributed by atoms with van der Waals surface area (Å²) in [4.78, 5) is 15.4. The van der Waals surface area contributed by atoms with Gasteiger partial charge in [0.1, 0.15) is 0 Å². The van der Waals surface area contributed by atoms with Crippen molar-refractivity contribution in [3.05, 3.63) is 35.9 Å². The second kappa shape index (κ2) is 5.10. The van der Waals surface area contributed by atoms with Gasteiger partial charge in [-0.2, -0.15) is 0 Å². The van der Waals surface area contributed by atoms with Crippen molar-refractivity contribution in [2.45, 2.75) is 0 Å². The molecule has 1 amide bonds. The first-order valence-electron chi connectivity index (χ1n) is 4.58. The van der Waals surface area contributed by atoms with E-state index in [9.17, 15) is 4.79 Å². The SMILES string of the molecule is CN(C)C(=[Se])N(C)C(=O)c1ccccc1. The average molecular weight is 269 g/mol. The van der Waals surface area contributed by atoms with Gasteiger partial charge in [0.25, 0.3) is 0 Å². The first kappa shape index (κ1) is 12.0. The van der Waals surface area contributed by atoms with Gasteiger partial charge in [-0.1, -0.05) is 0 Å². The fraction of sp³-hybridized carbons (Fsp3) is 0.273. The van der Waals surface area contributed by atoms with E-state index in [1.165, 1.54) is 0 Å². The third kappa shape index (κ3) is 2.91. The number of amides is 1. The van der Waals surface area contributed by atoms with Crippen LogP contribution in [0.3, 0.4) is 0 Å². The Morgan fingerprint density at radius 3 is 2.13 bits per heavy atom. The molecule has 0 aliphatic heterocycles. The predicted octanol–water partition coefficient (Wildman–Crippen LogP) is 0.576. The predicted molar refractivity (Wildman–Crippen MR) is 63.0 cm³/mol. The zero-order valence-electron chi connectivity index (χ0n) is 9.10. The first-order valence-corrected chi connectivity index (χ1v) is 5.44. The van der Waals surface area contributed by atoms with Gasteiger partial charge in [-0.3, -0.25) is 0 Å². The molecule has 0 N–H and O–H groups in total. The number of hydrogen-bond acceptors (Lipinski definition) is 2. The van der Waals surface area contributed by atoms with E-state index in [2.05, 4.69) is 15.6 Å². The molecule has 0 spiro atoms. The van der Waals surface area contributed by atoms with E-state index in [1.807, 2.05) is 49.3 Å². The Labute approximate surface area is 98.0 Å². The maximum absolute atomic E-state index is 11.9. The maximum atomic E-state index is 11.9. The quantitative estimate of drug-likeness (QED) is 0.749. The summed E-state index contributed by atoms with van der Waals surface area (Å²) in [6.07, 6.45) is 0. The number of hydrogen-bond donors (Lipinski definition) is 0. The van der Waals surface area contributed by atoms with Crippen molar-refractivity contribution in [1.82, 2.24) is 9.80 Å². The molecule has 0 atom stereocenters. The van der Waals surface area contributed by atoms with Gasteiger partial charge in [-0.15, -0.1) is 0 Å². The van der Waals surface area contributed by atoms with Crippen molar-refractivity contribution in [3.63, 3.8) is 0 Å². The van der Waals surface area contributed by atoms with E-state index >= 15 is 0 Å². The van der Waals surface area contributed by atoms with Crippen molar-refractivity contribution >= 4 is 26.1 Å². The fourth-order valence-corrected chi connectivity index (χ4v) is 1.34. The third-order valence-electron chi connectivity index (χ3n) is 1.99. The molecule has 0 aliphatic rings. The summed E-state index contributed by atoms with van der Waals surface area (Å²) in [6, 6.07) is 9.22. The molecular formula is C11H14N2OSe. The summed E-state index contributed by atoms with van der Waals surface area (Å²) in [5.74, 6) is -0.0157. The number of carbonyl (C=O) groups is 1. The summed E-state index contributed by atoms with van der Waals surface area (Å²) < 4.78 is 0.795. The van der Waals surface area contributed by atoms with Crippen LogP contribution in [-0.4, -0.2) is 57.1 Å². The van der Waals surface area contributed by atoms with Crippen LogP contribution in [0.15, 0.2) is 30.3 Å². The van der Waals surface area contributed by atoms with Gasteiger partial charge < -0.3 is 0 Å². The minimum absolute atomic E-state index is 0.0157. The van der Waals surface area contributed by atoms with Crippen LogP contribution in [0.2, 0.25) is 0 Å². The molecule has 0 aliphatic carbocycles. The zero-order valence-corrected chi connectivity index (χ0v) is 10.8. The Balaban J connectivity index is 2.82. The monoisotopic (exact) mass is 270 g/mol. The van der Waals surface area contributed by atoms with E-state index in [-0.39, 0.29) is 5.91 Å². The summed E-state index contributed by atoms with van der Waals surface area (Å²) >= 11 is 2.87. The molecule has 80 valence electrons. The van der Waals surface area contributed by atoms with E-state index < -0.39 is 0 Å². The van der Waals surface area contributed by atoms with Crippen LogP contribution in [0.5, 0.6) is 0 Å². The first-order chi connectivity index (χ1) is 7.04. The van der Waals surface area contributed by atoms with Crippen LogP contribution < -0.4 is 0 Å². The molecule has 0 saturated heterocycles. The van der Waals surface area contributed by atoms with Gasteiger partial charge in [-0.05, 0) is 0 Å². The number of nitrogens with zero attached hydrogens (tertiary/aromatic N) is 2. The second-order valence-corrected chi connectivity index (χ2v) is 4.17. The Hall–Kier alpha value is -1.12. The van der Waals surface area contributed by atoms with Gasteiger partial charge in [0, 0.05) is 0 Å². The van der Waals surface area contributed by atoms with Gasteiger partial charge in [-0.25, -0.2) is 0 Å². The summed E-state index contributed by atoms with van der Waals surface area (Å²) in [5, 5.41) is 0.